The van der Waals surface area contributed by atoms with Crippen molar-refractivity contribution in [1.82, 2.24) is 15.5 Å². The highest BCUT2D eigenvalue weighted by atomic mass is 19.1. The number of piperidine rings is 1. The first-order chi connectivity index (χ1) is 11.6. The molecule has 3 rings (SSSR count). The summed E-state index contributed by atoms with van der Waals surface area (Å²) in [6, 6.07) is 5.74. The van der Waals surface area contributed by atoms with Gasteiger partial charge in [0.05, 0.1) is 6.04 Å². The van der Waals surface area contributed by atoms with Crippen molar-refractivity contribution >= 4 is 11.8 Å². The second-order valence-electron chi connectivity index (χ2n) is 6.66. The third-order valence-electron chi connectivity index (χ3n) is 4.82. The van der Waals surface area contributed by atoms with Gasteiger partial charge in [-0.1, -0.05) is 6.07 Å². The molecule has 1 aromatic carbocycles. The first-order valence-electron chi connectivity index (χ1n) is 8.69. The molecule has 2 atom stereocenters. The maximum absolute atomic E-state index is 13.3. The van der Waals surface area contributed by atoms with Gasteiger partial charge in [0.2, 0.25) is 5.91 Å². The summed E-state index contributed by atoms with van der Waals surface area (Å²) in [6.45, 7) is 2.78. The van der Waals surface area contributed by atoms with Gasteiger partial charge in [-0.2, -0.15) is 0 Å². The molecule has 2 fully saturated rings. The van der Waals surface area contributed by atoms with E-state index in [0.717, 1.165) is 32.2 Å². The van der Waals surface area contributed by atoms with Gasteiger partial charge in [-0.15, -0.1) is 0 Å². The van der Waals surface area contributed by atoms with Crippen molar-refractivity contribution in [2.75, 3.05) is 26.2 Å². The highest BCUT2D eigenvalue weighted by Crippen LogP contribution is 2.19. The molecular formula is C18H24FN3O2. The molecule has 6 heteroatoms. The Labute approximate surface area is 141 Å². The lowest BCUT2D eigenvalue weighted by Crippen LogP contribution is -2.46. The fourth-order valence-corrected chi connectivity index (χ4v) is 3.50. The normalized spacial score (nSPS) is 24.0. The zero-order valence-electron chi connectivity index (χ0n) is 13.8. The topological polar surface area (TPSA) is 61.4 Å². The Balaban J connectivity index is 1.52. The summed E-state index contributed by atoms with van der Waals surface area (Å²) >= 11 is 0. The molecule has 1 aromatic rings. The van der Waals surface area contributed by atoms with Crippen LogP contribution in [0.15, 0.2) is 24.3 Å². The maximum atomic E-state index is 13.3. The number of hydrogen-bond donors (Lipinski definition) is 2. The summed E-state index contributed by atoms with van der Waals surface area (Å²) < 4.78 is 13.3. The number of nitrogens with zero attached hydrogens (tertiary/aromatic N) is 1. The van der Waals surface area contributed by atoms with Gasteiger partial charge in [-0.25, -0.2) is 4.39 Å². The first kappa shape index (κ1) is 16.9. The Kier molecular flexibility index (Phi) is 5.45. The molecule has 0 aromatic heterocycles. The van der Waals surface area contributed by atoms with Crippen molar-refractivity contribution in [3.05, 3.63) is 35.6 Å². The number of carbonyl (C=O) groups excluding carboxylic acids is 2. The van der Waals surface area contributed by atoms with E-state index in [1.165, 1.54) is 12.1 Å². The van der Waals surface area contributed by atoms with Gasteiger partial charge in [-0.3, -0.25) is 9.59 Å². The number of benzene rings is 1. The van der Waals surface area contributed by atoms with Gasteiger partial charge >= 0.3 is 0 Å². The largest absolute Gasteiger partial charge is 0.354 e. The van der Waals surface area contributed by atoms with Crippen molar-refractivity contribution in [2.24, 2.45) is 5.92 Å². The number of amides is 2. The number of carbonyl (C=O) groups is 2. The lowest BCUT2D eigenvalue weighted by Gasteiger charge is -2.33. The van der Waals surface area contributed by atoms with Gasteiger partial charge in [0.25, 0.3) is 5.91 Å². The van der Waals surface area contributed by atoms with E-state index in [0.29, 0.717) is 25.2 Å². The van der Waals surface area contributed by atoms with Crippen LogP contribution in [-0.4, -0.2) is 48.9 Å². The van der Waals surface area contributed by atoms with E-state index in [4.69, 9.17) is 0 Å². The SMILES string of the molecule is O=C(NCC1CCCN(C(=O)c2cccc(F)c2)C1)C1CCCN1. The number of hydrogen-bond acceptors (Lipinski definition) is 3. The predicted molar refractivity (Wildman–Crippen MR) is 89.1 cm³/mol. The Bertz CT molecular complexity index is 602. The van der Waals surface area contributed by atoms with Crippen LogP contribution in [0.2, 0.25) is 0 Å². The molecule has 2 N–H and O–H groups in total. The summed E-state index contributed by atoms with van der Waals surface area (Å²) in [6.07, 6.45) is 3.83. The lowest BCUT2D eigenvalue weighted by atomic mass is 9.97. The first-order valence-corrected chi connectivity index (χ1v) is 8.69. The van der Waals surface area contributed by atoms with Gasteiger partial charge in [0.15, 0.2) is 0 Å². The molecule has 2 amide bonds. The van der Waals surface area contributed by atoms with Gasteiger partial charge in [-0.05, 0) is 56.3 Å². The van der Waals surface area contributed by atoms with Crippen LogP contribution in [0.5, 0.6) is 0 Å². The Hall–Kier alpha value is -1.95. The van der Waals surface area contributed by atoms with Crippen molar-refractivity contribution in [1.29, 1.82) is 0 Å². The Morgan fingerprint density at radius 2 is 2.17 bits per heavy atom. The third kappa shape index (κ3) is 4.12. The van der Waals surface area contributed by atoms with E-state index < -0.39 is 5.82 Å². The zero-order chi connectivity index (χ0) is 16.9. The van der Waals surface area contributed by atoms with Crippen molar-refractivity contribution in [3.63, 3.8) is 0 Å². The average Bonchev–Trinajstić information content (AvgIpc) is 3.14. The monoisotopic (exact) mass is 333 g/mol. The average molecular weight is 333 g/mol. The van der Waals surface area contributed by atoms with Crippen molar-refractivity contribution in [3.8, 4) is 0 Å². The van der Waals surface area contributed by atoms with E-state index in [1.807, 2.05) is 0 Å². The minimum absolute atomic E-state index is 0.0566. The fraction of sp³-hybridized carbons (Fsp3) is 0.556. The maximum Gasteiger partial charge on any atom is 0.253 e. The van der Waals surface area contributed by atoms with Crippen LogP contribution in [0.3, 0.4) is 0 Å². The molecule has 0 aliphatic carbocycles. The second-order valence-corrected chi connectivity index (χ2v) is 6.66. The van der Waals surface area contributed by atoms with Crippen LogP contribution in [0.25, 0.3) is 0 Å². The van der Waals surface area contributed by atoms with Crippen LogP contribution in [0.4, 0.5) is 4.39 Å². The summed E-state index contributed by atoms with van der Waals surface area (Å²) in [5.41, 5.74) is 0.384. The quantitative estimate of drug-likeness (QED) is 0.879. The minimum atomic E-state index is -0.397. The summed E-state index contributed by atoms with van der Waals surface area (Å²) in [4.78, 5) is 26.3. The molecule has 0 radical (unpaired) electrons. The molecule has 0 saturated carbocycles. The van der Waals surface area contributed by atoms with Crippen molar-refractivity contribution in [2.45, 2.75) is 31.7 Å². The lowest BCUT2D eigenvalue weighted by molar-refractivity contribution is -0.123. The Morgan fingerprint density at radius 1 is 1.29 bits per heavy atom. The second kappa shape index (κ2) is 7.75. The Morgan fingerprint density at radius 3 is 2.92 bits per heavy atom. The molecule has 0 bridgehead atoms. The van der Waals surface area contributed by atoms with Crippen LogP contribution < -0.4 is 10.6 Å². The predicted octanol–water partition coefficient (Wildman–Crippen LogP) is 1.55. The van der Waals surface area contributed by atoms with Crippen LogP contribution in [0.1, 0.15) is 36.0 Å². The van der Waals surface area contributed by atoms with Crippen LogP contribution >= 0.6 is 0 Å². The summed E-state index contributed by atoms with van der Waals surface area (Å²) in [7, 11) is 0. The molecular weight excluding hydrogens is 309 g/mol. The van der Waals surface area contributed by atoms with Crippen molar-refractivity contribution < 1.29 is 14.0 Å². The van der Waals surface area contributed by atoms with Crippen LogP contribution in [0, 0.1) is 11.7 Å². The van der Waals surface area contributed by atoms with E-state index in [-0.39, 0.29) is 23.8 Å². The molecule has 5 nitrogen and oxygen atoms in total. The minimum Gasteiger partial charge on any atom is -0.354 e. The van der Waals surface area contributed by atoms with E-state index in [2.05, 4.69) is 10.6 Å². The molecule has 130 valence electrons. The highest BCUT2D eigenvalue weighted by Gasteiger charge is 2.27. The van der Waals surface area contributed by atoms with E-state index >= 15 is 0 Å². The van der Waals surface area contributed by atoms with Gasteiger partial charge in [0.1, 0.15) is 5.82 Å². The molecule has 2 unspecified atom stereocenters. The summed E-state index contributed by atoms with van der Waals surface area (Å²) in [5, 5.41) is 6.19. The molecule has 2 aliphatic rings. The summed E-state index contributed by atoms with van der Waals surface area (Å²) in [5.74, 6) is -0.226. The van der Waals surface area contributed by atoms with Gasteiger partial charge in [0, 0.05) is 25.2 Å². The highest BCUT2D eigenvalue weighted by molar-refractivity contribution is 5.94. The number of nitrogens with one attached hydrogen (secondary N) is 2. The molecule has 2 saturated heterocycles. The van der Waals surface area contributed by atoms with E-state index in [1.54, 1.807) is 17.0 Å². The fourth-order valence-electron chi connectivity index (χ4n) is 3.50. The zero-order valence-corrected chi connectivity index (χ0v) is 13.8. The number of likely N-dealkylation sites (tertiary alicyclic amines) is 1. The van der Waals surface area contributed by atoms with Gasteiger partial charge < -0.3 is 15.5 Å². The number of halogens is 1. The smallest absolute Gasteiger partial charge is 0.253 e. The molecule has 0 spiro atoms. The molecule has 2 aliphatic heterocycles. The number of rotatable bonds is 4. The standard InChI is InChI=1S/C18H24FN3O2/c19-15-6-1-5-14(10-15)18(24)22-9-3-4-13(12-22)11-21-17(23)16-7-2-8-20-16/h1,5-6,10,13,16,20H,2-4,7-9,11-12H2,(H,21,23). The van der Waals surface area contributed by atoms with Crippen LogP contribution in [-0.2, 0) is 4.79 Å². The van der Waals surface area contributed by atoms with E-state index in [9.17, 15) is 14.0 Å². The molecule has 2 heterocycles. The molecule has 24 heavy (non-hydrogen) atoms. The third-order valence-corrected chi connectivity index (χ3v) is 4.82.